The third-order valence-electron chi connectivity index (χ3n) is 6.06. The second-order valence-electron chi connectivity index (χ2n) is 7.84. The monoisotopic (exact) mass is 403 g/mol. The molecule has 0 unspecified atom stereocenters. The molecule has 2 aromatic rings. The summed E-state index contributed by atoms with van der Waals surface area (Å²) >= 11 is 0. The molecule has 1 aromatic carbocycles. The van der Waals surface area contributed by atoms with Gasteiger partial charge in [0.1, 0.15) is 11.9 Å². The van der Waals surface area contributed by atoms with E-state index >= 15 is 0 Å². The summed E-state index contributed by atoms with van der Waals surface area (Å²) < 4.78 is 5.45. The lowest BCUT2D eigenvalue weighted by molar-refractivity contribution is -0.117. The maximum atomic E-state index is 12.5. The van der Waals surface area contributed by atoms with E-state index in [4.69, 9.17) is 10.00 Å². The van der Waals surface area contributed by atoms with Crippen LogP contribution >= 0.6 is 0 Å². The van der Waals surface area contributed by atoms with Crippen LogP contribution in [-0.2, 0) is 9.53 Å². The summed E-state index contributed by atoms with van der Waals surface area (Å²) in [6.07, 6.45) is 6.04. The zero-order valence-electron chi connectivity index (χ0n) is 17.4. The lowest BCUT2D eigenvalue weighted by atomic mass is 9.81. The first-order chi connectivity index (χ1) is 14.5. The number of nitrogens with zero attached hydrogens (tertiary/aromatic N) is 4. The molecule has 1 N–H and O–H groups in total. The Bertz CT molecular complexity index is 1020. The molecule has 0 radical (unpaired) electrons. The summed E-state index contributed by atoms with van der Waals surface area (Å²) in [6.45, 7) is 7.17. The highest BCUT2D eigenvalue weighted by Crippen LogP contribution is 2.43. The Hall–Kier alpha value is -3.24. The van der Waals surface area contributed by atoms with Gasteiger partial charge in [-0.05, 0) is 42.2 Å². The highest BCUT2D eigenvalue weighted by Gasteiger charge is 2.38. The predicted molar refractivity (Wildman–Crippen MR) is 115 cm³/mol. The van der Waals surface area contributed by atoms with Crippen LogP contribution in [0.25, 0.3) is 5.57 Å². The molecule has 2 aliphatic heterocycles. The number of ether oxygens (including phenoxy) is 1. The first-order valence-electron chi connectivity index (χ1n) is 10.2. The smallest absolute Gasteiger partial charge is 0.224 e. The van der Waals surface area contributed by atoms with E-state index in [1.807, 2.05) is 17.0 Å². The van der Waals surface area contributed by atoms with Gasteiger partial charge in [-0.3, -0.25) is 4.79 Å². The average molecular weight is 403 g/mol. The van der Waals surface area contributed by atoms with Gasteiger partial charge in [0.25, 0.3) is 0 Å². The Labute approximate surface area is 176 Å². The molecule has 7 heteroatoms. The number of hydrogen-bond donors (Lipinski definition) is 1. The molecule has 154 valence electrons. The number of carbonyl (C=O) groups excluding carboxylic acids is 1. The summed E-state index contributed by atoms with van der Waals surface area (Å²) in [6, 6.07) is 8.28. The Kier molecular flexibility index (Phi) is 5.51. The van der Waals surface area contributed by atoms with Crippen LogP contribution in [0.3, 0.4) is 0 Å². The van der Waals surface area contributed by atoms with Crippen molar-refractivity contribution >= 4 is 23.0 Å². The first kappa shape index (κ1) is 20.0. The van der Waals surface area contributed by atoms with Gasteiger partial charge >= 0.3 is 0 Å². The summed E-state index contributed by atoms with van der Waals surface area (Å²) in [5, 5.41) is 12.5. The van der Waals surface area contributed by atoms with Crippen LogP contribution in [0.1, 0.15) is 50.1 Å². The lowest BCUT2D eigenvalue weighted by Crippen LogP contribution is -2.48. The number of rotatable bonds is 3. The van der Waals surface area contributed by atoms with E-state index in [1.165, 1.54) is 11.8 Å². The highest BCUT2D eigenvalue weighted by molar-refractivity contribution is 5.94. The summed E-state index contributed by atoms with van der Waals surface area (Å²) in [5.74, 6) is 0.777. The SMILES string of the molecule is CC(=O)N1c2ccc(C3=CCOCC3)cc2[C@H](Nc2cnc(C#N)cn2)[C@@H](C)[C@@H]1C. The Morgan fingerprint density at radius 2 is 2.13 bits per heavy atom. The van der Waals surface area contributed by atoms with E-state index in [1.54, 1.807) is 13.1 Å². The van der Waals surface area contributed by atoms with Crippen molar-refractivity contribution in [2.45, 2.75) is 39.3 Å². The van der Waals surface area contributed by atoms with Crippen molar-refractivity contribution in [1.29, 1.82) is 5.26 Å². The number of aromatic nitrogens is 2. The average Bonchev–Trinajstić information content (AvgIpc) is 2.77. The van der Waals surface area contributed by atoms with Crippen molar-refractivity contribution in [3.05, 3.63) is 53.5 Å². The maximum Gasteiger partial charge on any atom is 0.224 e. The Balaban J connectivity index is 1.77. The standard InChI is InChI=1S/C23H25N5O2/c1-14-15(2)28(16(3)29)21-5-4-18(17-6-8-30-9-7-17)10-20(21)23(14)27-22-13-25-19(11-24)12-26-22/h4-6,10,12-15,23H,7-9H2,1-3H3,(H,26,27)/t14-,15-,23+/m0/s1. The number of benzene rings is 1. The zero-order valence-corrected chi connectivity index (χ0v) is 17.4. The van der Waals surface area contributed by atoms with Gasteiger partial charge in [0.15, 0.2) is 5.69 Å². The second-order valence-corrected chi connectivity index (χ2v) is 7.84. The summed E-state index contributed by atoms with van der Waals surface area (Å²) in [5.41, 5.74) is 4.68. The van der Waals surface area contributed by atoms with Crippen LogP contribution < -0.4 is 10.2 Å². The quantitative estimate of drug-likeness (QED) is 0.840. The number of amides is 1. The summed E-state index contributed by atoms with van der Waals surface area (Å²) in [4.78, 5) is 22.8. The lowest BCUT2D eigenvalue weighted by Gasteiger charge is -2.44. The minimum atomic E-state index is -0.0479. The first-order valence-corrected chi connectivity index (χ1v) is 10.2. The molecule has 1 amide bonds. The molecule has 3 atom stereocenters. The molecule has 1 aromatic heterocycles. The minimum Gasteiger partial charge on any atom is -0.377 e. The van der Waals surface area contributed by atoms with E-state index in [0.717, 1.165) is 29.8 Å². The van der Waals surface area contributed by atoms with Crippen molar-refractivity contribution in [3.8, 4) is 6.07 Å². The van der Waals surface area contributed by atoms with E-state index in [0.29, 0.717) is 12.4 Å². The normalized spacial score (nSPS) is 23.2. The van der Waals surface area contributed by atoms with Gasteiger partial charge < -0.3 is 15.0 Å². The van der Waals surface area contributed by atoms with Gasteiger partial charge in [-0.1, -0.05) is 19.1 Å². The number of anilines is 2. The van der Waals surface area contributed by atoms with Crippen LogP contribution in [0.2, 0.25) is 0 Å². The van der Waals surface area contributed by atoms with Crippen LogP contribution in [0.15, 0.2) is 36.7 Å². The van der Waals surface area contributed by atoms with E-state index in [9.17, 15) is 4.79 Å². The molecular formula is C23H25N5O2. The van der Waals surface area contributed by atoms with Gasteiger partial charge in [0.05, 0.1) is 31.6 Å². The predicted octanol–water partition coefficient (Wildman–Crippen LogP) is 3.70. The molecule has 0 saturated carbocycles. The fraction of sp³-hybridized carbons (Fsp3) is 0.391. The van der Waals surface area contributed by atoms with E-state index in [2.05, 4.69) is 47.3 Å². The molecule has 0 fully saturated rings. The number of nitriles is 1. The highest BCUT2D eigenvalue weighted by atomic mass is 16.5. The molecule has 0 saturated heterocycles. The second kappa shape index (κ2) is 8.25. The Morgan fingerprint density at radius 1 is 1.30 bits per heavy atom. The minimum absolute atomic E-state index is 0.0204. The number of hydrogen-bond acceptors (Lipinski definition) is 6. The topological polar surface area (TPSA) is 91.1 Å². The van der Waals surface area contributed by atoms with Crippen molar-refractivity contribution in [3.63, 3.8) is 0 Å². The van der Waals surface area contributed by atoms with Gasteiger partial charge in [0.2, 0.25) is 5.91 Å². The van der Waals surface area contributed by atoms with Gasteiger partial charge in [-0.15, -0.1) is 0 Å². The van der Waals surface area contributed by atoms with E-state index < -0.39 is 0 Å². The molecule has 3 heterocycles. The number of nitrogens with one attached hydrogen (secondary N) is 1. The van der Waals surface area contributed by atoms with Crippen molar-refractivity contribution < 1.29 is 9.53 Å². The molecule has 0 aliphatic carbocycles. The third-order valence-corrected chi connectivity index (χ3v) is 6.06. The largest absolute Gasteiger partial charge is 0.377 e. The van der Waals surface area contributed by atoms with Crippen molar-refractivity contribution in [2.24, 2.45) is 5.92 Å². The van der Waals surface area contributed by atoms with Crippen LogP contribution in [-0.4, -0.2) is 35.1 Å². The molecule has 30 heavy (non-hydrogen) atoms. The third kappa shape index (κ3) is 3.66. The molecular weight excluding hydrogens is 378 g/mol. The van der Waals surface area contributed by atoms with E-state index in [-0.39, 0.29) is 29.6 Å². The van der Waals surface area contributed by atoms with Crippen molar-refractivity contribution in [1.82, 2.24) is 9.97 Å². The van der Waals surface area contributed by atoms with Gasteiger partial charge in [-0.2, -0.15) is 5.26 Å². The zero-order chi connectivity index (χ0) is 21.3. The van der Waals surface area contributed by atoms with Gasteiger partial charge in [-0.25, -0.2) is 9.97 Å². The van der Waals surface area contributed by atoms with Crippen LogP contribution in [0.4, 0.5) is 11.5 Å². The molecule has 0 bridgehead atoms. The van der Waals surface area contributed by atoms with Gasteiger partial charge in [0, 0.05) is 24.6 Å². The Morgan fingerprint density at radius 3 is 2.77 bits per heavy atom. The summed E-state index contributed by atoms with van der Waals surface area (Å²) in [7, 11) is 0. The molecule has 2 aliphatic rings. The number of carbonyl (C=O) groups is 1. The van der Waals surface area contributed by atoms with Crippen LogP contribution in [0.5, 0.6) is 0 Å². The molecule has 0 spiro atoms. The van der Waals surface area contributed by atoms with Crippen LogP contribution in [0, 0.1) is 17.2 Å². The fourth-order valence-corrected chi connectivity index (χ4v) is 4.31. The number of fused-ring (bicyclic) bond motifs is 1. The molecule has 4 rings (SSSR count). The maximum absolute atomic E-state index is 12.5. The molecule has 7 nitrogen and oxygen atoms in total. The van der Waals surface area contributed by atoms with Crippen molar-refractivity contribution in [2.75, 3.05) is 23.4 Å². The fourth-order valence-electron chi connectivity index (χ4n) is 4.31.